The van der Waals surface area contributed by atoms with Gasteiger partial charge in [0.15, 0.2) is 0 Å². The molecule has 0 bridgehead atoms. The Bertz CT molecular complexity index is 156. The number of aliphatic hydroxyl groups is 1. The van der Waals surface area contributed by atoms with Gasteiger partial charge in [0.25, 0.3) is 5.16 Å². The molecular weight excluding hydrogens is 155 g/mol. The lowest BCUT2D eigenvalue weighted by molar-refractivity contribution is -0.142. The van der Waals surface area contributed by atoms with E-state index in [1.54, 1.807) is 0 Å². The molecule has 0 rings (SSSR count). The second-order valence-electron chi connectivity index (χ2n) is 2.29. The second kappa shape index (κ2) is 3.08. The molecule has 0 saturated carbocycles. The minimum atomic E-state index is -1.51. The zero-order valence-corrected chi connectivity index (χ0v) is 6.79. The van der Waals surface area contributed by atoms with E-state index in [4.69, 9.17) is 10.2 Å². The van der Waals surface area contributed by atoms with E-state index in [2.05, 4.69) is 0 Å². The fourth-order valence-electron chi connectivity index (χ4n) is 0.308. The third kappa shape index (κ3) is 1.52. The highest BCUT2D eigenvalue weighted by atomic mass is 31.1. The van der Waals surface area contributed by atoms with Crippen LogP contribution >= 0.6 is 8.46 Å². The van der Waals surface area contributed by atoms with Crippen molar-refractivity contribution < 1.29 is 19.6 Å². The van der Waals surface area contributed by atoms with E-state index in [9.17, 15) is 9.36 Å². The Balaban J connectivity index is 4.54. The molecule has 3 unspecified atom stereocenters. The molecule has 5 heteroatoms. The minimum absolute atomic E-state index is 1.04. The van der Waals surface area contributed by atoms with E-state index in [0.717, 1.165) is 0 Å². The summed E-state index contributed by atoms with van der Waals surface area (Å²) in [4.78, 5) is 10.3. The SMILES string of the molecule is CC(O)C(C)([PH+]=O)C(=O)O. The number of hydrogen-bond acceptors (Lipinski definition) is 3. The van der Waals surface area contributed by atoms with E-state index in [1.165, 1.54) is 13.8 Å². The first kappa shape index (κ1) is 9.53. The van der Waals surface area contributed by atoms with E-state index < -0.39 is 25.7 Å². The molecular formula is C5H10O4P+. The maximum Gasteiger partial charge on any atom is 0.361 e. The Morgan fingerprint density at radius 3 is 2.10 bits per heavy atom. The normalized spacial score (nSPS) is 19.9. The summed E-state index contributed by atoms with van der Waals surface area (Å²) in [7, 11) is -1.04. The van der Waals surface area contributed by atoms with Crippen LogP contribution in [0.5, 0.6) is 0 Å². The van der Waals surface area contributed by atoms with Crippen LogP contribution in [0.2, 0.25) is 0 Å². The van der Waals surface area contributed by atoms with Crippen molar-refractivity contribution in [3.8, 4) is 0 Å². The van der Waals surface area contributed by atoms with Gasteiger partial charge in [0.2, 0.25) is 0 Å². The van der Waals surface area contributed by atoms with Crippen molar-refractivity contribution in [2.45, 2.75) is 25.1 Å². The summed E-state index contributed by atoms with van der Waals surface area (Å²) in [6, 6.07) is 0. The van der Waals surface area contributed by atoms with Gasteiger partial charge in [-0.2, -0.15) is 0 Å². The molecule has 10 heavy (non-hydrogen) atoms. The number of rotatable bonds is 3. The van der Waals surface area contributed by atoms with Crippen LogP contribution in [0.4, 0.5) is 0 Å². The number of aliphatic carboxylic acids is 1. The van der Waals surface area contributed by atoms with Crippen LogP contribution in [0.15, 0.2) is 0 Å². The Hall–Kier alpha value is -0.470. The van der Waals surface area contributed by atoms with Gasteiger partial charge in [-0.3, -0.25) is 0 Å². The van der Waals surface area contributed by atoms with Crippen molar-refractivity contribution in [1.29, 1.82) is 0 Å². The average molecular weight is 165 g/mol. The molecule has 58 valence electrons. The van der Waals surface area contributed by atoms with Crippen molar-refractivity contribution in [3.05, 3.63) is 0 Å². The molecule has 0 aliphatic carbocycles. The van der Waals surface area contributed by atoms with Gasteiger partial charge in [-0.25, -0.2) is 4.79 Å². The van der Waals surface area contributed by atoms with Crippen LogP contribution in [0, 0.1) is 0 Å². The van der Waals surface area contributed by atoms with Gasteiger partial charge in [0, 0.05) is 0 Å². The predicted molar refractivity (Wildman–Crippen MR) is 36.7 cm³/mol. The van der Waals surface area contributed by atoms with Crippen LogP contribution in [0.1, 0.15) is 13.8 Å². The minimum Gasteiger partial charge on any atom is -0.478 e. The molecule has 0 aromatic heterocycles. The van der Waals surface area contributed by atoms with Gasteiger partial charge in [0.05, 0.1) is 0 Å². The predicted octanol–water partition coefficient (Wildman–Crippen LogP) is 0.234. The standard InChI is InChI=1S/C5H9O4P/c1-3(6)5(2,10-9)4(7)8/h3,6H,1-2H3,(H,7,8)/p+1. The molecule has 0 saturated heterocycles. The van der Waals surface area contributed by atoms with Crippen molar-refractivity contribution >= 4 is 14.4 Å². The lowest BCUT2D eigenvalue weighted by Gasteiger charge is -2.12. The first-order valence-corrected chi connectivity index (χ1v) is 3.66. The Kier molecular flexibility index (Phi) is 2.94. The molecule has 0 aromatic rings. The molecule has 3 atom stereocenters. The lowest BCUT2D eigenvalue weighted by Crippen LogP contribution is -2.39. The third-order valence-corrected chi connectivity index (χ3v) is 2.55. The van der Waals surface area contributed by atoms with Gasteiger partial charge in [-0.05, 0) is 13.8 Å². The van der Waals surface area contributed by atoms with Gasteiger partial charge >= 0.3 is 14.4 Å². The molecule has 0 heterocycles. The third-order valence-electron chi connectivity index (χ3n) is 1.49. The van der Waals surface area contributed by atoms with Crippen LogP contribution in [-0.4, -0.2) is 27.4 Å². The highest BCUT2D eigenvalue weighted by molar-refractivity contribution is 7.27. The Morgan fingerprint density at radius 1 is 1.70 bits per heavy atom. The van der Waals surface area contributed by atoms with Gasteiger partial charge < -0.3 is 10.2 Å². The molecule has 0 aromatic carbocycles. The monoisotopic (exact) mass is 165 g/mol. The highest BCUT2D eigenvalue weighted by Gasteiger charge is 2.47. The molecule has 0 aliphatic rings. The summed E-state index contributed by atoms with van der Waals surface area (Å²) in [5, 5.41) is 15.8. The molecule has 2 N–H and O–H groups in total. The topological polar surface area (TPSA) is 74.6 Å². The molecule has 0 amide bonds. The summed E-state index contributed by atoms with van der Waals surface area (Å²) in [5.41, 5.74) is 0. The Morgan fingerprint density at radius 2 is 2.10 bits per heavy atom. The zero-order valence-electron chi connectivity index (χ0n) is 5.79. The van der Waals surface area contributed by atoms with Crippen LogP contribution in [0.3, 0.4) is 0 Å². The summed E-state index contributed by atoms with van der Waals surface area (Å²) < 4.78 is 10.3. The van der Waals surface area contributed by atoms with Gasteiger partial charge in [0.1, 0.15) is 6.10 Å². The number of carbonyl (C=O) groups is 1. The van der Waals surface area contributed by atoms with Crippen LogP contribution in [0.25, 0.3) is 0 Å². The van der Waals surface area contributed by atoms with Crippen molar-refractivity contribution in [1.82, 2.24) is 0 Å². The van der Waals surface area contributed by atoms with Gasteiger partial charge in [-0.1, -0.05) is 4.57 Å². The summed E-state index contributed by atoms with van der Waals surface area (Å²) >= 11 is 0. The maximum atomic E-state index is 10.3. The number of aliphatic hydroxyl groups excluding tert-OH is 1. The van der Waals surface area contributed by atoms with Crippen molar-refractivity contribution in [2.24, 2.45) is 0 Å². The van der Waals surface area contributed by atoms with E-state index in [1.807, 2.05) is 0 Å². The number of carboxylic acid groups (broad SMARTS) is 1. The van der Waals surface area contributed by atoms with Crippen LogP contribution in [-0.2, 0) is 9.36 Å². The number of hydrogen-bond donors (Lipinski definition) is 2. The zero-order chi connectivity index (χ0) is 8.36. The van der Waals surface area contributed by atoms with Crippen molar-refractivity contribution in [2.75, 3.05) is 0 Å². The largest absolute Gasteiger partial charge is 0.478 e. The maximum absolute atomic E-state index is 10.3. The molecule has 0 spiro atoms. The summed E-state index contributed by atoms with van der Waals surface area (Å²) in [6.45, 7) is 2.55. The highest BCUT2D eigenvalue weighted by Crippen LogP contribution is 2.26. The molecule has 0 radical (unpaired) electrons. The molecule has 0 aliphatic heterocycles. The first-order chi connectivity index (χ1) is 4.45. The molecule has 0 fully saturated rings. The van der Waals surface area contributed by atoms with E-state index >= 15 is 0 Å². The van der Waals surface area contributed by atoms with Gasteiger partial charge in [-0.15, -0.1) is 0 Å². The average Bonchev–Trinajstić information content (AvgIpc) is 1.85. The van der Waals surface area contributed by atoms with Crippen molar-refractivity contribution in [3.63, 3.8) is 0 Å². The fraction of sp³-hybridized carbons (Fsp3) is 0.800. The first-order valence-electron chi connectivity index (χ1n) is 2.76. The Labute approximate surface area is 60.1 Å². The quantitative estimate of drug-likeness (QED) is 0.587. The second-order valence-corrected chi connectivity index (χ2v) is 3.53. The lowest BCUT2D eigenvalue weighted by atomic mass is 10.1. The number of carboxylic acids is 1. The van der Waals surface area contributed by atoms with E-state index in [-0.39, 0.29) is 0 Å². The summed E-state index contributed by atoms with van der Waals surface area (Å²) in [5.74, 6) is -1.24. The molecule has 4 nitrogen and oxygen atoms in total. The smallest absolute Gasteiger partial charge is 0.361 e. The van der Waals surface area contributed by atoms with E-state index in [0.29, 0.717) is 0 Å². The summed E-state index contributed by atoms with van der Waals surface area (Å²) in [6.07, 6.45) is -1.10. The van der Waals surface area contributed by atoms with Crippen LogP contribution < -0.4 is 0 Å². The fourth-order valence-corrected chi connectivity index (χ4v) is 0.565.